The third kappa shape index (κ3) is 1.75. The molecule has 1 aromatic heterocycles. The Bertz CT molecular complexity index is 276. The van der Waals surface area contributed by atoms with E-state index in [-0.39, 0.29) is 0 Å². The molecular weight excluding hydrogens is 164 g/mol. The highest BCUT2D eigenvalue weighted by molar-refractivity contribution is 5.11. The smallest absolute Gasteiger partial charge is 0.181 e. The summed E-state index contributed by atoms with van der Waals surface area (Å²) in [6, 6.07) is 0. The van der Waals surface area contributed by atoms with Crippen molar-refractivity contribution in [3.63, 3.8) is 0 Å². The average molecular weight is 180 g/mol. The highest BCUT2D eigenvalue weighted by Crippen LogP contribution is 2.21. The second-order valence-corrected chi connectivity index (χ2v) is 3.95. The van der Waals surface area contributed by atoms with E-state index >= 15 is 0 Å². The number of nitrogens with zero attached hydrogens (tertiary/aromatic N) is 2. The predicted molar refractivity (Wildman–Crippen MR) is 50.5 cm³/mol. The molecule has 0 saturated carbocycles. The largest absolute Gasteiger partial charge is 0.448 e. The summed E-state index contributed by atoms with van der Waals surface area (Å²) in [6.45, 7) is 7.67. The van der Waals surface area contributed by atoms with Crippen molar-refractivity contribution in [2.75, 3.05) is 13.1 Å². The summed E-state index contributed by atoms with van der Waals surface area (Å²) in [5.74, 6) is 1.49. The van der Waals surface area contributed by atoms with Crippen LogP contribution in [-0.2, 0) is 6.54 Å². The maximum absolute atomic E-state index is 5.36. The van der Waals surface area contributed by atoms with Gasteiger partial charge in [0, 0.05) is 12.5 Å². The maximum Gasteiger partial charge on any atom is 0.181 e. The van der Waals surface area contributed by atoms with Gasteiger partial charge in [-0.15, -0.1) is 0 Å². The van der Waals surface area contributed by atoms with Crippen LogP contribution in [0.4, 0.5) is 0 Å². The molecule has 1 fully saturated rings. The van der Waals surface area contributed by atoms with Crippen molar-refractivity contribution >= 4 is 0 Å². The van der Waals surface area contributed by atoms with Crippen molar-refractivity contribution in [2.24, 2.45) is 0 Å². The molecule has 0 aromatic carbocycles. The van der Waals surface area contributed by atoms with Gasteiger partial charge in [-0.3, -0.25) is 4.90 Å². The molecule has 1 aliphatic heterocycles. The normalized spacial score (nSPS) is 17.8. The van der Waals surface area contributed by atoms with Gasteiger partial charge in [0.05, 0.1) is 5.69 Å². The van der Waals surface area contributed by atoms with Crippen molar-refractivity contribution in [2.45, 2.75) is 32.7 Å². The first-order chi connectivity index (χ1) is 6.27. The van der Waals surface area contributed by atoms with Gasteiger partial charge < -0.3 is 4.42 Å². The zero-order valence-corrected chi connectivity index (χ0v) is 8.29. The Hall–Kier alpha value is -0.830. The third-order valence-corrected chi connectivity index (χ3v) is 2.52. The van der Waals surface area contributed by atoms with Gasteiger partial charge in [0.2, 0.25) is 0 Å². The second-order valence-electron chi connectivity index (χ2n) is 3.95. The van der Waals surface area contributed by atoms with Crippen LogP contribution in [0.1, 0.15) is 37.6 Å². The standard InChI is InChI=1S/C10H16N2O/c1-8(2)10-9(11-7-13-10)6-12-4-3-5-12/h7-8H,3-6H2,1-2H3. The van der Waals surface area contributed by atoms with Gasteiger partial charge in [0.15, 0.2) is 6.39 Å². The zero-order chi connectivity index (χ0) is 9.26. The van der Waals surface area contributed by atoms with E-state index in [0.717, 1.165) is 18.0 Å². The van der Waals surface area contributed by atoms with Gasteiger partial charge in [-0.1, -0.05) is 13.8 Å². The molecule has 0 amide bonds. The lowest BCUT2D eigenvalue weighted by Crippen LogP contribution is -2.36. The van der Waals surface area contributed by atoms with E-state index < -0.39 is 0 Å². The summed E-state index contributed by atoms with van der Waals surface area (Å²) in [4.78, 5) is 6.64. The van der Waals surface area contributed by atoms with Crippen LogP contribution in [0.5, 0.6) is 0 Å². The molecule has 0 unspecified atom stereocenters. The van der Waals surface area contributed by atoms with E-state index in [9.17, 15) is 0 Å². The van der Waals surface area contributed by atoms with E-state index in [4.69, 9.17) is 4.42 Å². The topological polar surface area (TPSA) is 29.3 Å². The number of hydrogen-bond acceptors (Lipinski definition) is 3. The molecule has 0 radical (unpaired) electrons. The Morgan fingerprint density at radius 1 is 1.54 bits per heavy atom. The molecule has 1 saturated heterocycles. The molecule has 0 bridgehead atoms. The van der Waals surface area contributed by atoms with Crippen LogP contribution in [0.3, 0.4) is 0 Å². The van der Waals surface area contributed by atoms with Crippen molar-refractivity contribution in [3.8, 4) is 0 Å². The first-order valence-corrected chi connectivity index (χ1v) is 4.92. The Balaban J connectivity index is 2.05. The molecule has 0 atom stereocenters. The van der Waals surface area contributed by atoms with Gasteiger partial charge in [-0.05, 0) is 19.5 Å². The van der Waals surface area contributed by atoms with Gasteiger partial charge >= 0.3 is 0 Å². The first kappa shape index (κ1) is 8.75. The summed E-state index contributed by atoms with van der Waals surface area (Å²) in [5, 5.41) is 0. The summed E-state index contributed by atoms with van der Waals surface area (Å²) >= 11 is 0. The fraction of sp³-hybridized carbons (Fsp3) is 0.700. The molecule has 2 heterocycles. The first-order valence-electron chi connectivity index (χ1n) is 4.92. The highest BCUT2D eigenvalue weighted by Gasteiger charge is 2.19. The molecule has 1 aliphatic rings. The highest BCUT2D eigenvalue weighted by atomic mass is 16.3. The molecule has 1 aromatic rings. The van der Waals surface area contributed by atoms with E-state index in [0.29, 0.717) is 5.92 Å². The van der Waals surface area contributed by atoms with Crippen LogP contribution in [0, 0.1) is 0 Å². The lowest BCUT2D eigenvalue weighted by molar-refractivity contribution is 0.169. The fourth-order valence-corrected chi connectivity index (χ4v) is 1.62. The third-order valence-electron chi connectivity index (χ3n) is 2.52. The lowest BCUT2D eigenvalue weighted by atomic mass is 10.1. The summed E-state index contributed by atoms with van der Waals surface area (Å²) in [7, 11) is 0. The lowest BCUT2D eigenvalue weighted by Gasteiger charge is -2.30. The van der Waals surface area contributed by atoms with E-state index in [1.165, 1.54) is 19.5 Å². The summed E-state index contributed by atoms with van der Waals surface area (Å²) < 4.78 is 5.36. The van der Waals surface area contributed by atoms with Crippen LogP contribution in [0.2, 0.25) is 0 Å². The number of likely N-dealkylation sites (tertiary alicyclic amines) is 1. The SMILES string of the molecule is CC(C)c1ocnc1CN1CCC1. The molecule has 3 heteroatoms. The Morgan fingerprint density at radius 3 is 2.85 bits per heavy atom. The van der Waals surface area contributed by atoms with Crippen molar-refractivity contribution in [1.82, 2.24) is 9.88 Å². The number of oxazole rings is 1. The van der Waals surface area contributed by atoms with E-state index in [1.54, 1.807) is 6.39 Å². The van der Waals surface area contributed by atoms with E-state index in [1.807, 2.05) is 0 Å². The minimum atomic E-state index is 0.443. The Kier molecular flexibility index (Phi) is 2.36. The summed E-state index contributed by atoms with van der Waals surface area (Å²) in [6.07, 6.45) is 2.89. The molecule has 0 N–H and O–H groups in total. The minimum Gasteiger partial charge on any atom is -0.448 e. The van der Waals surface area contributed by atoms with Crippen LogP contribution in [-0.4, -0.2) is 23.0 Å². The summed E-state index contributed by atoms with van der Waals surface area (Å²) in [5.41, 5.74) is 1.12. The molecule has 72 valence electrons. The van der Waals surface area contributed by atoms with Crippen molar-refractivity contribution < 1.29 is 4.42 Å². The Morgan fingerprint density at radius 2 is 2.31 bits per heavy atom. The second kappa shape index (κ2) is 3.50. The van der Waals surface area contributed by atoms with Crippen LogP contribution in [0.15, 0.2) is 10.8 Å². The molecule has 3 nitrogen and oxygen atoms in total. The van der Waals surface area contributed by atoms with Crippen LogP contribution >= 0.6 is 0 Å². The van der Waals surface area contributed by atoms with Gasteiger partial charge in [-0.25, -0.2) is 4.98 Å². The van der Waals surface area contributed by atoms with Crippen molar-refractivity contribution in [3.05, 3.63) is 17.8 Å². The Labute approximate surface area is 78.8 Å². The minimum absolute atomic E-state index is 0.443. The van der Waals surface area contributed by atoms with Crippen LogP contribution < -0.4 is 0 Å². The molecular formula is C10H16N2O. The van der Waals surface area contributed by atoms with Gasteiger partial charge in [0.1, 0.15) is 5.76 Å². The van der Waals surface area contributed by atoms with Crippen molar-refractivity contribution in [1.29, 1.82) is 0 Å². The molecule has 2 rings (SSSR count). The zero-order valence-electron chi connectivity index (χ0n) is 8.29. The quantitative estimate of drug-likeness (QED) is 0.712. The van der Waals surface area contributed by atoms with Gasteiger partial charge in [-0.2, -0.15) is 0 Å². The molecule has 13 heavy (non-hydrogen) atoms. The molecule has 0 aliphatic carbocycles. The van der Waals surface area contributed by atoms with E-state index in [2.05, 4.69) is 23.7 Å². The van der Waals surface area contributed by atoms with Crippen LogP contribution in [0.25, 0.3) is 0 Å². The number of aromatic nitrogens is 1. The fourth-order valence-electron chi connectivity index (χ4n) is 1.62. The number of hydrogen-bond donors (Lipinski definition) is 0. The maximum atomic E-state index is 5.36. The average Bonchev–Trinajstić information content (AvgIpc) is 2.44. The van der Waals surface area contributed by atoms with Gasteiger partial charge in [0.25, 0.3) is 0 Å². The predicted octanol–water partition coefficient (Wildman–Crippen LogP) is 2.00. The molecule has 0 spiro atoms. The monoisotopic (exact) mass is 180 g/mol. The number of rotatable bonds is 3.